The highest BCUT2D eigenvalue weighted by Gasteiger charge is 2.75. The zero-order valence-electron chi connectivity index (χ0n) is 23.1. The summed E-state index contributed by atoms with van der Waals surface area (Å²) in [5.74, 6) is -1.52. The molecule has 2 amide bonds. The number of anilines is 1. The van der Waals surface area contributed by atoms with E-state index < -0.39 is 28.7 Å². The van der Waals surface area contributed by atoms with Crippen LogP contribution in [0, 0.1) is 17.8 Å². The first-order valence-electron chi connectivity index (χ1n) is 13.7. The number of amides is 2. The lowest BCUT2D eigenvalue weighted by atomic mass is 9.71. The lowest BCUT2D eigenvalue weighted by molar-refractivity contribution is -0.154. The van der Waals surface area contributed by atoms with Crippen molar-refractivity contribution in [3.05, 3.63) is 49.6 Å². The number of benzene rings is 1. The van der Waals surface area contributed by atoms with E-state index in [1.807, 2.05) is 26.0 Å². The largest absolute Gasteiger partial charge is 0.497 e. The van der Waals surface area contributed by atoms with E-state index >= 15 is 0 Å². The van der Waals surface area contributed by atoms with E-state index in [2.05, 4.69) is 13.2 Å². The van der Waals surface area contributed by atoms with Crippen molar-refractivity contribution in [2.45, 2.75) is 61.6 Å². The van der Waals surface area contributed by atoms with E-state index in [-0.39, 0.29) is 48.7 Å². The molecule has 39 heavy (non-hydrogen) atoms. The number of fused-ring (bicyclic) bond motifs is 1. The van der Waals surface area contributed by atoms with Gasteiger partial charge in [0.05, 0.1) is 42.9 Å². The summed E-state index contributed by atoms with van der Waals surface area (Å²) in [5.41, 5.74) is 0.662. The third kappa shape index (κ3) is 4.99. The van der Waals surface area contributed by atoms with Gasteiger partial charge in [-0.3, -0.25) is 14.4 Å². The molecule has 0 aromatic heterocycles. The molecule has 0 aliphatic carbocycles. The van der Waals surface area contributed by atoms with E-state index in [9.17, 15) is 19.5 Å². The topological polar surface area (TPSA) is 96.4 Å². The fourth-order valence-corrected chi connectivity index (χ4v) is 8.70. The number of hydrogen-bond acceptors (Lipinski definition) is 7. The Kier molecular flexibility index (Phi) is 9.11. The van der Waals surface area contributed by atoms with Gasteiger partial charge in [-0.25, -0.2) is 0 Å². The van der Waals surface area contributed by atoms with Crippen molar-refractivity contribution in [3.8, 4) is 5.75 Å². The third-order valence-corrected chi connectivity index (χ3v) is 10.6. The molecule has 4 rings (SSSR count). The molecule has 1 spiro atoms. The van der Waals surface area contributed by atoms with Gasteiger partial charge in [-0.05, 0) is 49.4 Å². The number of esters is 1. The van der Waals surface area contributed by atoms with E-state index in [1.54, 1.807) is 53.0 Å². The van der Waals surface area contributed by atoms with Gasteiger partial charge in [-0.1, -0.05) is 32.4 Å². The van der Waals surface area contributed by atoms with Crippen molar-refractivity contribution in [1.29, 1.82) is 0 Å². The average Bonchev–Trinajstić information content (AvgIpc) is 3.59. The van der Waals surface area contributed by atoms with E-state index in [0.717, 1.165) is 12.8 Å². The molecule has 1 N–H and O–H groups in total. The maximum Gasteiger partial charge on any atom is 0.310 e. The van der Waals surface area contributed by atoms with Crippen LogP contribution in [0.2, 0.25) is 0 Å². The molecule has 1 aromatic rings. The van der Waals surface area contributed by atoms with Gasteiger partial charge >= 0.3 is 5.97 Å². The van der Waals surface area contributed by atoms with Crippen LogP contribution in [0.25, 0.3) is 0 Å². The normalized spacial score (nSPS) is 28.5. The highest BCUT2D eigenvalue weighted by atomic mass is 32.2. The first-order chi connectivity index (χ1) is 18.8. The summed E-state index contributed by atoms with van der Waals surface area (Å²) in [5, 5.41) is 10.4. The van der Waals surface area contributed by atoms with Crippen molar-refractivity contribution in [1.82, 2.24) is 4.90 Å². The standard InChI is InChI=1S/C30H40N2O6S/c1-6-9-17-38-29(36)24-23-14-15-30(39-23)25(24)27(34)32(22(18-33)19(4)8-3)26(30)28(35)31(16-7-2)20-10-12-21(37-5)13-11-20/h6-7,10-13,19,22-26,33H,1-2,8-9,14-18H2,3-5H3/t19-,22-,23-,24+,25-,26?,30?/m0/s1. The fourth-order valence-electron chi connectivity index (χ4n) is 6.51. The smallest absolute Gasteiger partial charge is 0.310 e. The second-order valence-electron chi connectivity index (χ2n) is 10.6. The van der Waals surface area contributed by atoms with E-state index in [1.165, 1.54) is 0 Å². The van der Waals surface area contributed by atoms with Crippen LogP contribution in [0.5, 0.6) is 5.75 Å². The molecule has 2 bridgehead atoms. The molecule has 9 heteroatoms. The van der Waals surface area contributed by atoms with Crippen LogP contribution in [0.4, 0.5) is 5.69 Å². The molecule has 8 nitrogen and oxygen atoms in total. The molecule has 3 aliphatic heterocycles. The molecular weight excluding hydrogens is 516 g/mol. The minimum absolute atomic E-state index is 0.0430. The summed E-state index contributed by atoms with van der Waals surface area (Å²) in [7, 11) is 1.58. The molecule has 0 saturated carbocycles. The van der Waals surface area contributed by atoms with Crippen LogP contribution in [0.1, 0.15) is 39.5 Å². The van der Waals surface area contributed by atoms with Crippen molar-refractivity contribution < 1.29 is 29.0 Å². The summed E-state index contributed by atoms with van der Waals surface area (Å²) in [4.78, 5) is 45.5. The number of thioether (sulfide) groups is 1. The van der Waals surface area contributed by atoms with E-state index in [4.69, 9.17) is 9.47 Å². The monoisotopic (exact) mass is 556 g/mol. The summed E-state index contributed by atoms with van der Waals surface area (Å²) < 4.78 is 10.1. The summed E-state index contributed by atoms with van der Waals surface area (Å²) in [6, 6.07) is 5.83. The zero-order chi connectivity index (χ0) is 28.3. The number of carbonyl (C=O) groups excluding carboxylic acids is 3. The SMILES string of the molecule is C=CCCOC(=O)[C@@H]1[C@@H]2CCC3(S2)C(C(=O)N(CC=C)c2ccc(OC)cc2)N([C@@H](CO)[C@@H](C)CC)C(=O)[C@H]13. The predicted octanol–water partition coefficient (Wildman–Crippen LogP) is 3.83. The molecule has 3 fully saturated rings. The van der Waals surface area contributed by atoms with Crippen molar-refractivity contribution in [3.63, 3.8) is 0 Å². The summed E-state index contributed by atoms with van der Waals surface area (Å²) >= 11 is 1.59. The minimum atomic E-state index is -0.829. The molecule has 212 valence electrons. The van der Waals surface area contributed by atoms with Crippen LogP contribution in [-0.4, -0.2) is 76.7 Å². The number of carbonyl (C=O) groups is 3. The third-order valence-electron chi connectivity index (χ3n) is 8.62. The number of ether oxygens (including phenoxy) is 2. The number of rotatable bonds is 13. The van der Waals surface area contributed by atoms with Gasteiger partial charge in [-0.15, -0.1) is 24.9 Å². The Morgan fingerprint density at radius 3 is 2.59 bits per heavy atom. The molecular formula is C30H40N2O6S. The quantitative estimate of drug-likeness (QED) is 0.224. The van der Waals surface area contributed by atoms with Crippen LogP contribution >= 0.6 is 11.8 Å². The first-order valence-corrected chi connectivity index (χ1v) is 14.6. The van der Waals surface area contributed by atoms with Gasteiger partial charge in [0, 0.05) is 17.5 Å². The van der Waals surface area contributed by atoms with Crippen LogP contribution < -0.4 is 9.64 Å². The zero-order valence-corrected chi connectivity index (χ0v) is 23.9. The maximum absolute atomic E-state index is 14.6. The van der Waals surface area contributed by atoms with Crippen LogP contribution in [0.3, 0.4) is 0 Å². The number of hydrogen-bond donors (Lipinski definition) is 1. The molecule has 2 unspecified atom stereocenters. The Labute approximate surface area is 235 Å². The Bertz CT molecular complexity index is 1090. The van der Waals surface area contributed by atoms with E-state index in [0.29, 0.717) is 24.3 Å². The molecule has 3 aliphatic rings. The number of aliphatic hydroxyl groups excluding tert-OH is 1. The highest BCUT2D eigenvalue weighted by molar-refractivity contribution is 8.02. The van der Waals surface area contributed by atoms with Gasteiger partial charge in [0.2, 0.25) is 5.91 Å². The maximum atomic E-state index is 14.6. The minimum Gasteiger partial charge on any atom is -0.497 e. The van der Waals surface area contributed by atoms with Crippen molar-refractivity contribution in [2.75, 3.05) is 31.8 Å². The Hall–Kier alpha value is -2.78. The Morgan fingerprint density at radius 1 is 1.28 bits per heavy atom. The molecule has 1 aromatic carbocycles. The van der Waals surface area contributed by atoms with Crippen LogP contribution in [0.15, 0.2) is 49.6 Å². The number of aliphatic hydroxyl groups is 1. The van der Waals surface area contributed by atoms with Gasteiger partial charge in [0.15, 0.2) is 0 Å². The number of likely N-dealkylation sites (tertiary alicyclic amines) is 1. The van der Waals surface area contributed by atoms with Gasteiger partial charge in [0.1, 0.15) is 11.8 Å². The number of nitrogens with zero attached hydrogens (tertiary/aromatic N) is 2. The van der Waals surface area contributed by atoms with Gasteiger partial charge in [-0.2, -0.15) is 0 Å². The van der Waals surface area contributed by atoms with Gasteiger partial charge < -0.3 is 24.4 Å². The first kappa shape index (κ1) is 29.2. The molecule has 7 atom stereocenters. The molecule has 3 saturated heterocycles. The van der Waals surface area contributed by atoms with Gasteiger partial charge in [0.25, 0.3) is 5.91 Å². The second-order valence-corrected chi connectivity index (χ2v) is 12.2. The molecule has 0 radical (unpaired) electrons. The predicted molar refractivity (Wildman–Crippen MR) is 153 cm³/mol. The van der Waals surface area contributed by atoms with Crippen molar-refractivity contribution in [2.24, 2.45) is 17.8 Å². The lowest BCUT2D eigenvalue weighted by Crippen LogP contribution is -2.58. The number of methoxy groups -OCH3 is 1. The Balaban J connectivity index is 1.78. The lowest BCUT2D eigenvalue weighted by Gasteiger charge is -2.41. The fraction of sp³-hybridized carbons (Fsp3) is 0.567. The molecule has 3 heterocycles. The van der Waals surface area contributed by atoms with Crippen molar-refractivity contribution >= 4 is 35.2 Å². The second kappa shape index (κ2) is 12.2. The highest BCUT2D eigenvalue weighted by Crippen LogP contribution is 2.67. The Morgan fingerprint density at radius 2 is 2.00 bits per heavy atom. The summed E-state index contributed by atoms with van der Waals surface area (Å²) in [6.45, 7) is 11.7. The summed E-state index contributed by atoms with van der Waals surface area (Å²) in [6.07, 6.45) is 5.98. The average molecular weight is 557 g/mol. The van der Waals surface area contributed by atoms with Crippen LogP contribution in [-0.2, 0) is 19.1 Å².